The first-order valence-electron chi connectivity index (χ1n) is 5.43. The van der Waals surface area contributed by atoms with Crippen molar-refractivity contribution in [1.82, 2.24) is 0 Å². The van der Waals surface area contributed by atoms with Crippen molar-refractivity contribution in [2.45, 2.75) is 0 Å². The van der Waals surface area contributed by atoms with Crippen LogP contribution in [0.4, 0.5) is 11.4 Å². The quantitative estimate of drug-likeness (QED) is 0.453. The Kier molecular flexibility index (Phi) is 5.13. The monoisotopic (exact) mass is 252 g/mol. The van der Waals surface area contributed by atoms with Crippen LogP contribution in [0.5, 0.6) is 5.75 Å². The second-order valence-corrected chi connectivity index (χ2v) is 3.57. The molecule has 0 spiro atoms. The van der Waals surface area contributed by atoms with E-state index in [0.29, 0.717) is 24.5 Å². The van der Waals surface area contributed by atoms with Crippen LogP contribution >= 0.6 is 0 Å². The molecule has 0 unspecified atom stereocenters. The lowest BCUT2D eigenvalue weighted by Gasteiger charge is -2.22. The van der Waals surface area contributed by atoms with Gasteiger partial charge >= 0.3 is 0 Å². The maximum absolute atomic E-state index is 11.0. The molecule has 1 rings (SSSR count). The number of benzene rings is 1. The Hall–Kier alpha value is -2.08. The summed E-state index contributed by atoms with van der Waals surface area (Å²) in [5.41, 5.74) is 0.388. The Morgan fingerprint density at radius 1 is 1.61 bits per heavy atom. The maximum Gasteiger partial charge on any atom is 0.296 e. The Balaban J connectivity index is 3.18. The molecule has 1 aromatic rings. The molecule has 0 aliphatic rings. The number of methoxy groups -OCH3 is 1. The molecule has 1 N–H and O–H groups in total. The highest BCUT2D eigenvalue weighted by Gasteiger charge is 2.19. The van der Waals surface area contributed by atoms with Gasteiger partial charge in [0.25, 0.3) is 5.69 Å². The van der Waals surface area contributed by atoms with Crippen molar-refractivity contribution in [3.05, 3.63) is 41.0 Å². The summed E-state index contributed by atoms with van der Waals surface area (Å²) in [6.45, 7) is 4.24. The van der Waals surface area contributed by atoms with Gasteiger partial charge in [-0.1, -0.05) is 6.08 Å². The van der Waals surface area contributed by atoms with Crippen LogP contribution in [0.3, 0.4) is 0 Å². The third-order valence-electron chi connectivity index (χ3n) is 2.44. The van der Waals surface area contributed by atoms with Gasteiger partial charge in [-0.15, -0.1) is 6.58 Å². The molecule has 0 saturated carbocycles. The summed E-state index contributed by atoms with van der Waals surface area (Å²) in [6, 6.07) is 4.62. The van der Waals surface area contributed by atoms with Crippen LogP contribution in [0, 0.1) is 10.1 Å². The maximum atomic E-state index is 11.0. The molecule has 0 saturated heterocycles. The predicted octanol–water partition coefficient (Wildman–Crippen LogP) is 1.59. The molecule has 0 aliphatic carbocycles. The van der Waals surface area contributed by atoms with Gasteiger partial charge in [0.1, 0.15) is 11.4 Å². The number of hydrogen-bond donors (Lipinski definition) is 1. The third kappa shape index (κ3) is 3.21. The first-order chi connectivity index (χ1) is 8.63. The summed E-state index contributed by atoms with van der Waals surface area (Å²) in [6.07, 6.45) is 1.63. The Bertz CT molecular complexity index is 434. The van der Waals surface area contributed by atoms with Crippen molar-refractivity contribution in [2.75, 3.05) is 31.7 Å². The average molecular weight is 252 g/mol. The minimum atomic E-state index is -0.467. The largest absolute Gasteiger partial charge is 0.496 e. The number of ether oxygens (including phenoxy) is 1. The number of anilines is 1. The van der Waals surface area contributed by atoms with E-state index >= 15 is 0 Å². The number of rotatable bonds is 7. The molecule has 0 radical (unpaired) electrons. The zero-order valence-corrected chi connectivity index (χ0v) is 10.2. The van der Waals surface area contributed by atoms with Gasteiger partial charge in [0.2, 0.25) is 0 Å². The zero-order chi connectivity index (χ0) is 13.5. The highest BCUT2D eigenvalue weighted by atomic mass is 16.6. The lowest BCUT2D eigenvalue weighted by atomic mass is 10.2. The molecule has 18 heavy (non-hydrogen) atoms. The molecular weight excluding hydrogens is 236 g/mol. The van der Waals surface area contributed by atoms with Crippen molar-refractivity contribution in [2.24, 2.45) is 0 Å². The summed E-state index contributed by atoms with van der Waals surface area (Å²) in [5.74, 6) is 0.424. The second-order valence-electron chi connectivity index (χ2n) is 3.57. The molecule has 0 fully saturated rings. The lowest BCUT2D eigenvalue weighted by molar-refractivity contribution is -0.384. The van der Waals surface area contributed by atoms with Crippen molar-refractivity contribution in [3.63, 3.8) is 0 Å². The third-order valence-corrected chi connectivity index (χ3v) is 2.44. The van der Waals surface area contributed by atoms with Crippen LogP contribution in [-0.4, -0.2) is 36.8 Å². The SMILES string of the molecule is C=CCN(CCO)c1ccc(OC)cc1[N+](=O)[O-]. The van der Waals surface area contributed by atoms with Gasteiger partial charge in [-0.3, -0.25) is 10.1 Å². The summed E-state index contributed by atoms with van der Waals surface area (Å²) in [7, 11) is 1.45. The highest BCUT2D eigenvalue weighted by molar-refractivity contribution is 5.65. The lowest BCUT2D eigenvalue weighted by Crippen LogP contribution is -2.27. The number of nitro groups is 1. The molecule has 0 heterocycles. The smallest absolute Gasteiger partial charge is 0.296 e. The van der Waals surface area contributed by atoms with Crippen LogP contribution in [0.25, 0.3) is 0 Å². The van der Waals surface area contributed by atoms with Gasteiger partial charge in [-0.05, 0) is 12.1 Å². The van der Waals surface area contributed by atoms with E-state index in [-0.39, 0.29) is 12.3 Å². The van der Waals surface area contributed by atoms with Crippen molar-refractivity contribution in [3.8, 4) is 5.75 Å². The standard InChI is InChI=1S/C12H16N2O4/c1-3-6-13(7-8-15)11-5-4-10(18-2)9-12(11)14(16)17/h3-5,9,15H,1,6-8H2,2H3. The van der Waals surface area contributed by atoms with E-state index in [9.17, 15) is 10.1 Å². The molecule has 0 atom stereocenters. The summed E-state index contributed by atoms with van der Waals surface area (Å²) < 4.78 is 4.97. The van der Waals surface area contributed by atoms with Crippen molar-refractivity contribution < 1.29 is 14.8 Å². The fourth-order valence-electron chi connectivity index (χ4n) is 1.63. The van der Waals surface area contributed by atoms with Gasteiger partial charge in [0, 0.05) is 13.1 Å². The average Bonchev–Trinajstić information content (AvgIpc) is 2.37. The van der Waals surface area contributed by atoms with Gasteiger partial charge in [-0.2, -0.15) is 0 Å². The van der Waals surface area contributed by atoms with E-state index in [4.69, 9.17) is 9.84 Å². The normalized spacial score (nSPS) is 9.89. The molecule has 0 aliphatic heterocycles. The summed E-state index contributed by atoms with van der Waals surface area (Å²) >= 11 is 0. The summed E-state index contributed by atoms with van der Waals surface area (Å²) in [5, 5.41) is 20.0. The fourth-order valence-corrected chi connectivity index (χ4v) is 1.63. The van der Waals surface area contributed by atoms with Crippen LogP contribution in [0.15, 0.2) is 30.9 Å². The van der Waals surface area contributed by atoms with E-state index < -0.39 is 4.92 Å². The molecular formula is C12H16N2O4. The Labute approximate surface area is 105 Å². The predicted molar refractivity (Wildman–Crippen MR) is 69.1 cm³/mol. The number of nitrogens with zero attached hydrogens (tertiary/aromatic N) is 2. The molecule has 1 aromatic carbocycles. The van der Waals surface area contributed by atoms with E-state index in [1.807, 2.05) is 0 Å². The van der Waals surface area contributed by atoms with Crippen molar-refractivity contribution >= 4 is 11.4 Å². The Morgan fingerprint density at radius 2 is 2.33 bits per heavy atom. The Morgan fingerprint density at radius 3 is 2.83 bits per heavy atom. The first kappa shape index (κ1) is 14.0. The fraction of sp³-hybridized carbons (Fsp3) is 0.333. The van der Waals surface area contributed by atoms with E-state index in [0.717, 1.165) is 0 Å². The first-order valence-corrected chi connectivity index (χ1v) is 5.43. The number of aliphatic hydroxyl groups excluding tert-OH is 1. The zero-order valence-electron chi connectivity index (χ0n) is 10.2. The summed E-state index contributed by atoms with van der Waals surface area (Å²) in [4.78, 5) is 12.3. The molecule has 0 bridgehead atoms. The van der Waals surface area contributed by atoms with Crippen LogP contribution in [-0.2, 0) is 0 Å². The van der Waals surface area contributed by atoms with Gasteiger partial charge in [-0.25, -0.2) is 0 Å². The molecule has 0 aromatic heterocycles. The second kappa shape index (κ2) is 6.61. The molecule has 98 valence electrons. The van der Waals surface area contributed by atoms with Gasteiger partial charge in [0.15, 0.2) is 0 Å². The molecule has 0 amide bonds. The number of nitro benzene ring substituents is 1. The van der Waals surface area contributed by atoms with E-state index in [1.54, 1.807) is 23.1 Å². The highest BCUT2D eigenvalue weighted by Crippen LogP contribution is 2.31. The minimum Gasteiger partial charge on any atom is -0.496 e. The van der Waals surface area contributed by atoms with Crippen LogP contribution < -0.4 is 9.64 Å². The molecule has 6 heteroatoms. The van der Waals surface area contributed by atoms with Crippen LogP contribution in [0.1, 0.15) is 0 Å². The number of aliphatic hydroxyl groups is 1. The van der Waals surface area contributed by atoms with Crippen LogP contribution in [0.2, 0.25) is 0 Å². The number of hydrogen-bond acceptors (Lipinski definition) is 5. The van der Waals surface area contributed by atoms with E-state index in [2.05, 4.69) is 6.58 Å². The topological polar surface area (TPSA) is 75.8 Å². The van der Waals surface area contributed by atoms with E-state index in [1.165, 1.54) is 13.2 Å². The molecule has 6 nitrogen and oxygen atoms in total. The minimum absolute atomic E-state index is 0.0512. The van der Waals surface area contributed by atoms with Crippen molar-refractivity contribution in [1.29, 1.82) is 0 Å². The van der Waals surface area contributed by atoms with Gasteiger partial charge < -0.3 is 14.7 Å². The van der Waals surface area contributed by atoms with Gasteiger partial charge in [0.05, 0.1) is 24.7 Å².